The minimum absolute atomic E-state index is 0.0308. The molecule has 1 rings (SSSR count). The second-order valence-electron chi connectivity index (χ2n) is 5.00. The number of carboxylic acids is 1. The maximum Gasteiger partial charge on any atom is 0.309 e. The SMILES string of the molecule is CC(C)S(=O)(=O)CCC1(C(=O)O)CCNCC1. The zero-order chi connectivity index (χ0) is 13.1. The molecule has 1 aliphatic heterocycles. The highest BCUT2D eigenvalue weighted by molar-refractivity contribution is 7.91. The van der Waals surface area contributed by atoms with Crippen LogP contribution < -0.4 is 5.32 Å². The van der Waals surface area contributed by atoms with Gasteiger partial charge in [-0.05, 0) is 46.2 Å². The topological polar surface area (TPSA) is 83.5 Å². The molecule has 0 spiro atoms. The fourth-order valence-corrected chi connectivity index (χ4v) is 3.20. The third kappa shape index (κ3) is 3.42. The van der Waals surface area contributed by atoms with Gasteiger partial charge in [0.2, 0.25) is 0 Å². The number of hydrogen-bond acceptors (Lipinski definition) is 4. The van der Waals surface area contributed by atoms with E-state index in [1.54, 1.807) is 13.8 Å². The van der Waals surface area contributed by atoms with Crippen molar-refractivity contribution < 1.29 is 18.3 Å². The lowest BCUT2D eigenvalue weighted by Gasteiger charge is -2.33. The normalized spacial score (nSPS) is 20.4. The van der Waals surface area contributed by atoms with E-state index in [9.17, 15) is 18.3 Å². The zero-order valence-electron chi connectivity index (χ0n) is 10.4. The second-order valence-corrected chi connectivity index (χ2v) is 7.68. The summed E-state index contributed by atoms with van der Waals surface area (Å²) in [4.78, 5) is 11.3. The van der Waals surface area contributed by atoms with E-state index in [4.69, 9.17) is 0 Å². The minimum atomic E-state index is -3.15. The first-order valence-electron chi connectivity index (χ1n) is 5.96. The van der Waals surface area contributed by atoms with Crippen molar-refractivity contribution in [3.63, 3.8) is 0 Å². The lowest BCUT2D eigenvalue weighted by atomic mass is 9.77. The van der Waals surface area contributed by atoms with Gasteiger partial charge in [-0.2, -0.15) is 0 Å². The molecule has 0 aromatic heterocycles. The van der Waals surface area contributed by atoms with Crippen LogP contribution in [0.2, 0.25) is 0 Å². The van der Waals surface area contributed by atoms with Crippen LogP contribution in [-0.2, 0) is 14.6 Å². The molecule has 1 heterocycles. The molecule has 0 amide bonds. The molecule has 0 unspecified atom stereocenters. The van der Waals surface area contributed by atoms with E-state index in [1.807, 2.05) is 0 Å². The van der Waals surface area contributed by atoms with Crippen molar-refractivity contribution in [2.24, 2.45) is 5.41 Å². The van der Waals surface area contributed by atoms with Crippen molar-refractivity contribution in [3.8, 4) is 0 Å². The van der Waals surface area contributed by atoms with Crippen LogP contribution in [0.5, 0.6) is 0 Å². The first kappa shape index (κ1) is 14.4. The van der Waals surface area contributed by atoms with Gasteiger partial charge >= 0.3 is 5.97 Å². The van der Waals surface area contributed by atoms with Crippen LogP contribution in [-0.4, -0.2) is 43.6 Å². The van der Waals surface area contributed by atoms with E-state index in [0.717, 1.165) is 0 Å². The average Bonchev–Trinajstić information content (AvgIpc) is 2.27. The fraction of sp³-hybridized carbons (Fsp3) is 0.909. The quantitative estimate of drug-likeness (QED) is 0.761. The molecule has 0 radical (unpaired) electrons. The minimum Gasteiger partial charge on any atom is -0.481 e. The van der Waals surface area contributed by atoms with Crippen LogP contribution in [0.4, 0.5) is 0 Å². The standard InChI is InChI=1S/C11H21NO4S/c1-9(2)17(15,16)8-5-11(10(13)14)3-6-12-7-4-11/h9,12H,3-8H2,1-2H3,(H,13,14). The molecule has 0 bridgehead atoms. The van der Waals surface area contributed by atoms with Gasteiger partial charge in [0.25, 0.3) is 0 Å². The predicted octanol–water partition coefficient (Wildman–Crippen LogP) is 0.654. The fourth-order valence-electron chi connectivity index (χ4n) is 2.05. The number of carbonyl (C=O) groups is 1. The van der Waals surface area contributed by atoms with E-state index in [-0.39, 0.29) is 12.2 Å². The second kappa shape index (κ2) is 5.35. The molecule has 17 heavy (non-hydrogen) atoms. The van der Waals surface area contributed by atoms with E-state index >= 15 is 0 Å². The molecule has 100 valence electrons. The van der Waals surface area contributed by atoms with Crippen molar-refractivity contribution >= 4 is 15.8 Å². The molecule has 1 fully saturated rings. The van der Waals surface area contributed by atoms with Crippen LogP contribution in [0.25, 0.3) is 0 Å². The van der Waals surface area contributed by atoms with Crippen molar-refractivity contribution in [1.82, 2.24) is 5.32 Å². The molecule has 0 aromatic carbocycles. The Morgan fingerprint density at radius 1 is 1.35 bits per heavy atom. The molecular weight excluding hydrogens is 242 g/mol. The van der Waals surface area contributed by atoms with Gasteiger partial charge < -0.3 is 10.4 Å². The summed E-state index contributed by atoms with van der Waals surface area (Å²) in [5.41, 5.74) is -0.854. The third-order valence-corrected chi connectivity index (χ3v) is 5.81. The van der Waals surface area contributed by atoms with Crippen molar-refractivity contribution in [2.75, 3.05) is 18.8 Å². The molecule has 0 aliphatic carbocycles. The first-order chi connectivity index (χ1) is 7.80. The smallest absolute Gasteiger partial charge is 0.309 e. The molecule has 1 saturated heterocycles. The number of piperidine rings is 1. The van der Waals surface area contributed by atoms with Gasteiger partial charge in [0.1, 0.15) is 0 Å². The Labute approximate surface area is 103 Å². The van der Waals surface area contributed by atoms with Crippen LogP contribution in [0.3, 0.4) is 0 Å². The van der Waals surface area contributed by atoms with Crippen LogP contribution in [0.1, 0.15) is 33.1 Å². The molecular formula is C11H21NO4S. The van der Waals surface area contributed by atoms with Gasteiger partial charge in [0, 0.05) is 0 Å². The summed E-state index contributed by atoms with van der Waals surface area (Å²) in [5, 5.41) is 12.0. The zero-order valence-corrected chi connectivity index (χ0v) is 11.2. The lowest BCUT2D eigenvalue weighted by Crippen LogP contribution is -2.43. The van der Waals surface area contributed by atoms with E-state index in [0.29, 0.717) is 25.9 Å². The first-order valence-corrected chi connectivity index (χ1v) is 7.67. The number of sulfone groups is 1. The molecule has 0 saturated carbocycles. The van der Waals surface area contributed by atoms with E-state index in [1.165, 1.54) is 0 Å². The summed E-state index contributed by atoms with van der Waals surface area (Å²) in [6.45, 7) is 4.55. The molecule has 1 aliphatic rings. The summed E-state index contributed by atoms with van der Waals surface area (Å²) in [7, 11) is -3.15. The Bertz CT molecular complexity index is 369. The van der Waals surface area contributed by atoms with Crippen molar-refractivity contribution in [1.29, 1.82) is 0 Å². The molecule has 6 heteroatoms. The molecule has 5 nitrogen and oxygen atoms in total. The van der Waals surface area contributed by atoms with Gasteiger partial charge in [-0.25, -0.2) is 8.42 Å². The summed E-state index contributed by atoms with van der Waals surface area (Å²) in [6.07, 6.45) is 1.25. The van der Waals surface area contributed by atoms with E-state index < -0.39 is 26.5 Å². The monoisotopic (exact) mass is 263 g/mol. The van der Waals surface area contributed by atoms with Crippen LogP contribution >= 0.6 is 0 Å². The maximum absolute atomic E-state index is 11.7. The highest BCUT2D eigenvalue weighted by Gasteiger charge is 2.40. The lowest BCUT2D eigenvalue weighted by molar-refractivity contribution is -0.150. The van der Waals surface area contributed by atoms with Crippen molar-refractivity contribution in [2.45, 2.75) is 38.4 Å². The average molecular weight is 263 g/mol. The number of aliphatic carboxylic acids is 1. The number of rotatable bonds is 5. The highest BCUT2D eigenvalue weighted by Crippen LogP contribution is 2.33. The maximum atomic E-state index is 11.7. The Morgan fingerprint density at radius 2 is 1.88 bits per heavy atom. The largest absolute Gasteiger partial charge is 0.481 e. The van der Waals surface area contributed by atoms with Gasteiger partial charge in [-0.3, -0.25) is 4.79 Å². The summed E-state index contributed by atoms with van der Waals surface area (Å²) in [6, 6.07) is 0. The summed E-state index contributed by atoms with van der Waals surface area (Å²) >= 11 is 0. The van der Waals surface area contributed by atoms with Crippen LogP contribution in [0.15, 0.2) is 0 Å². The third-order valence-electron chi connectivity index (χ3n) is 3.60. The van der Waals surface area contributed by atoms with Crippen molar-refractivity contribution in [3.05, 3.63) is 0 Å². The van der Waals surface area contributed by atoms with E-state index in [2.05, 4.69) is 5.32 Å². The van der Waals surface area contributed by atoms with Gasteiger partial charge in [0.15, 0.2) is 9.84 Å². The van der Waals surface area contributed by atoms with Gasteiger partial charge in [-0.15, -0.1) is 0 Å². The molecule has 0 aromatic rings. The predicted molar refractivity (Wildman–Crippen MR) is 65.7 cm³/mol. The Balaban J connectivity index is 2.72. The Morgan fingerprint density at radius 3 is 2.29 bits per heavy atom. The summed E-state index contributed by atoms with van der Waals surface area (Å²) < 4.78 is 23.5. The number of nitrogens with one attached hydrogen (secondary N) is 1. The van der Waals surface area contributed by atoms with Crippen LogP contribution in [0, 0.1) is 5.41 Å². The number of carboxylic acid groups (broad SMARTS) is 1. The number of hydrogen-bond donors (Lipinski definition) is 2. The Hall–Kier alpha value is -0.620. The summed E-state index contributed by atoms with van der Waals surface area (Å²) in [5.74, 6) is -0.894. The highest BCUT2D eigenvalue weighted by atomic mass is 32.2. The van der Waals surface area contributed by atoms with Gasteiger partial charge in [-0.1, -0.05) is 0 Å². The van der Waals surface area contributed by atoms with Gasteiger partial charge in [0.05, 0.1) is 16.4 Å². The molecule has 0 atom stereocenters. The molecule has 2 N–H and O–H groups in total. The Kier molecular flexibility index (Phi) is 4.55.